The highest BCUT2D eigenvalue weighted by atomic mass is 79.9. The van der Waals surface area contributed by atoms with Crippen LogP contribution in [-0.4, -0.2) is 24.4 Å². The zero-order valence-corrected chi connectivity index (χ0v) is 14.2. The predicted octanol–water partition coefficient (Wildman–Crippen LogP) is 2.33. The van der Waals surface area contributed by atoms with Crippen LogP contribution in [0.1, 0.15) is 42.5 Å². The van der Waals surface area contributed by atoms with Crippen molar-refractivity contribution in [3.05, 3.63) is 34.3 Å². The standard InChI is InChI=1S/C16H19BrN2O4/c17-13-8-4-3-7-12(13)16(22)19-18-14(20)10-23-15(21)9-11-5-1-2-6-11/h3-4,7-8,11H,1-2,5-6,9-10H2,(H,18,20)(H,19,22). The molecular formula is C16H19BrN2O4. The molecule has 23 heavy (non-hydrogen) atoms. The highest BCUT2D eigenvalue weighted by Crippen LogP contribution is 2.27. The summed E-state index contributed by atoms with van der Waals surface area (Å²) in [6, 6.07) is 6.84. The first-order valence-electron chi connectivity index (χ1n) is 7.55. The topological polar surface area (TPSA) is 84.5 Å². The van der Waals surface area contributed by atoms with Gasteiger partial charge in [-0.15, -0.1) is 0 Å². The zero-order valence-electron chi connectivity index (χ0n) is 12.6. The Labute approximate surface area is 143 Å². The number of rotatable bonds is 5. The third-order valence-corrected chi connectivity index (χ3v) is 4.42. The molecule has 0 aliphatic heterocycles. The van der Waals surface area contributed by atoms with E-state index >= 15 is 0 Å². The third-order valence-electron chi connectivity index (χ3n) is 3.73. The highest BCUT2D eigenvalue weighted by molar-refractivity contribution is 9.10. The van der Waals surface area contributed by atoms with Gasteiger partial charge in [0, 0.05) is 10.9 Å². The van der Waals surface area contributed by atoms with Gasteiger partial charge in [0.1, 0.15) is 0 Å². The molecule has 0 radical (unpaired) electrons. The van der Waals surface area contributed by atoms with Gasteiger partial charge >= 0.3 is 5.97 Å². The molecule has 0 heterocycles. The summed E-state index contributed by atoms with van der Waals surface area (Å²) in [5, 5.41) is 0. The Morgan fingerprint density at radius 3 is 2.52 bits per heavy atom. The molecule has 1 aromatic carbocycles. The van der Waals surface area contributed by atoms with E-state index in [2.05, 4.69) is 26.8 Å². The van der Waals surface area contributed by atoms with E-state index in [1.165, 1.54) is 0 Å². The van der Waals surface area contributed by atoms with Crippen molar-refractivity contribution >= 4 is 33.7 Å². The van der Waals surface area contributed by atoms with Gasteiger partial charge in [-0.3, -0.25) is 25.2 Å². The molecule has 0 atom stereocenters. The fourth-order valence-corrected chi connectivity index (χ4v) is 3.00. The van der Waals surface area contributed by atoms with E-state index in [-0.39, 0.29) is 5.97 Å². The molecule has 124 valence electrons. The molecule has 1 fully saturated rings. The quantitative estimate of drug-likeness (QED) is 0.604. The summed E-state index contributed by atoms with van der Waals surface area (Å²) >= 11 is 3.25. The predicted molar refractivity (Wildman–Crippen MR) is 87.3 cm³/mol. The van der Waals surface area contributed by atoms with Crippen LogP contribution in [0.3, 0.4) is 0 Å². The summed E-state index contributed by atoms with van der Waals surface area (Å²) < 4.78 is 5.54. The molecular weight excluding hydrogens is 364 g/mol. The minimum atomic E-state index is -0.579. The van der Waals surface area contributed by atoms with Crippen molar-refractivity contribution in [3.63, 3.8) is 0 Å². The van der Waals surface area contributed by atoms with Crippen LogP contribution in [0.5, 0.6) is 0 Å². The number of carbonyl (C=O) groups excluding carboxylic acids is 3. The number of benzene rings is 1. The highest BCUT2D eigenvalue weighted by Gasteiger charge is 2.19. The van der Waals surface area contributed by atoms with Crippen molar-refractivity contribution in [2.75, 3.05) is 6.61 Å². The Hall–Kier alpha value is -1.89. The average molecular weight is 383 g/mol. The largest absolute Gasteiger partial charge is 0.455 e. The fourth-order valence-electron chi connectivity index (χ4n) is 2.53. The monoisotopic (exact) mass is 382 g/mol. The number of nitrogens with one attached hydrogen (secondary N) is 2. The van der Waals surface area contributed by atoms with Gasteiger partial charge < -0.3 is 4.74 Å². The molecule has 6 nitrogen and oxygen atoms in total. The van der Waals surface area contributed by atoms with E-state index in [1.54, 1.807) is 24.3 Å². The molecule has 0 saturated heterocycles. The van der Waals surface area contributed by atoms with Crippen molar-refractivity contribution in [2.24, 2.45) is 5.92 Å². The van der Waals surface area contributed by atoms with Crippen molar-refractivity contribution in [3.8, 4) is 0 Å². The molecule has 1 saturated carbocycles. The SMILES string of the molecule is O=C(COC(=O)CC1CCCC1)NNC(=O)c1ccccc1Br. The number of halogens is 1. The lowest BCUT2D eigenvalue weighted by molar-refractivity contribution is -0.149. The molecule has 0 spiro atoms. The molecule has 2 amide bonds. The first-order valence-corrected chi connectivity index (χ1v) is 8.35. The van der Waals surface area contributed by atoms with Gasteiger partial charge in [-0.1, -0.05) is 25.0 Å². The summed E-state index contributed by atoms with van der Waals surface area (Å²) in [4.78, 5) is 35.1. The summed E-state index contributed by atoms with van der Waals surface area (Å²) in [5.41, 5.74) is 4.89. The average Bonchev–Trinajstić information content (AvgIpc) is 3.04. The van der Waals surface area contributed by atoms with Crippen LogP contribution >= 0.6 is 15.9 Å². The lowest BCUT2D eigenvalue weighted by atomic mass is 10.1. The molecule has 1 aliphatic carbocycles. The van der Waals surface area contributed by atoms with E-state index in [4.69, 9.17) is 4.74 Å². The minimum Gasteiger partial charge on any atom is -0.455 e. The Morgan fingerprint density at radius 2 is 1.83 bits per heavy atom. The van der Waals surface area contributed by atoms with Crippen LogP contribution in [0.25, 0.3) is 0 Å². The minimum absolute atomic E-state index is 0.358. The lowest BCUT2D eigenvalue weighted by Crippen LogP contribution is -2.43. The number of amides is 2. The van der Waals surface area contributed by atoms with Gasteiger partial charge in [-0.25, -0.2) is 0 Å². The first-order chi connectivity index (χ1) is 11.1. The summed E-state index contributed by atoms with van der Waals surface area (Å²) in [5.74, 6) is -1.03. The summed E-state index contributed by atoms with van der Waals surface area (Å²) in [6.45, 7) is -0.401. The maximum absolute atomic E-state index is 11.9. The number of hydrogen-bond acceptors (Lipinski definition) is 4. The Morgan fingerprint density at radius 1 is 1.13 bits per heavy atom. The molecule has 7 heteroatoms. The van der Waals surface area contributed by atoms with Gasteiger partial charge in [-0.05, 0) is 46.8 Å². The Kier molecular flexibility index (Phi) is 6.58. The third kappa shape index (κ3) is 5.67. The smallest absolute Gasteiger partial charge is 0.306 e. The van der Waals surface area contributed by atoms with Gasteiger partial charge in [0.25, 0.3) is 11.8 Å². The number of ether oxygens (including phenoxy) is 1. The van der Waals surface area contributed by atoms with Crippen LogP contribution in [0.15, 0.2) is 28.7 Å². The lowest BCUT2D eigenvalue weighted by Gasteiger charge is -2.10. The molecule has 0 aromatic heterocycles. The second-order valence-electron chi connectivity index (χ2n) is 5.50. The van der Waals surface area contributed by atoms with E-state index in [1.807, 2.05) is 0 Å². The molecule has 0 bridgehead atoms. The van der Waals surface area contributed by atoms with Crippen LogP contribution in [-0.2, 0) is 14.3 Å². The van der Waals surface area contributed by atoms with Gasteiger partial charge in [-0.2, -0.15) is 0 Å². The second-order valence-corrected chi connectivity index (χ2v) is 6.35. The normalized spacial score (nSPS) is 14.3. The van der Waals surface area contributed by atoms with Crippen LogP contribution in [0.4, 0.5) is 0 Å². The molecule has 2 N–H and O–H groups in total. The molecule has 2 rings (SSSR count). The van der Waals surface area contributed by atoms with E-state index in [9.17, 15) is 14.4 Å². The first kappa shape index (κ1) is 17.5. The number of esters is 1. The van der Waals surface area contributed by atoms with E-state index in [0.29, 0.717) is 22.4 Å². The van der Waals surface area contributed by atoms with Gasteiger partial charge in [0.15, 0.2) is 6.61 Å². The molecule has 1 aromatic rings. The van der Waals surface area contributed by atoms with E-state index < -0.39 is 18.4 Å². The Bertz CT molecular complexity index is 585. The maximum Gasteiger partial charge on any atom is 0.306 e. The van der Waals surface area contributed by atoms with Crippen LogP contribution in [0, 0.1) is 5.92 Å². The van der Waals surface area contributed by atoms with Crippen molar-refractivity contribution in [1.29, 1.82) is 0 Å². The molecule has 0 unspecified atom stereocenters. The number of carbonyl (C=O) groups is 3. The second kappa shape index (κ2) is 8.67. The van der Waals surface area contributed by atoms with Gasteiger partial charge in [0.2, 0.25) is 0 Å². The zero-order chi connectivity index (χ0) is 16.7. The van der Waals surface area contributed by atoms with E-state index in [0.717, 1.165) is 25.7 Å². The number of hydrazine groups is 1. The van der Waals surface area contributed by atoms with Crippen LogP contribution < -0.4 is 10.9 Å². The van der Waals surface area contributed by atoms with Crippen molar-refractivity contribution in [1.82, 2.24) is 10.9 Å². The maximum atomic E-state index is 11.9. The van der Waals surface area contributed by atoms with Crippen molar-refractivity contribution < 1.29 is 19.1 Å². The van der Waals surface area contributed by atoms with Crippen molar-refractivity contribution in [2.45, 2.75) is 32.1 Å². The summed E-state index contributed by atoms with van der Waals surface area (Å²) in [7, 11) is 0. The summed E-state index contributed by atoms with van der Waals surface area (Å²) in [6.07, 6.45) is 4.75. The van der Waals surface area contributed by atoms with Crippen LogP contribution in [0.2, 0.25) is 0 Å². The number of hydrogen-bond donors (Lipinski definition) is 2. The Balaban J connectivity index is 1.67. The van der Waals surface area contributed by atoms with Gasteiger partial charge in [0.05, 0.1) is 5.56 Å². The fraction of sp³-hybridized carbons (Fsp3) is 0.438. The molecule has 1 aliphatic rings.